The number of aromatic nitrogens is 2. The van der Waals surface area contributed by atoms with E-state index in [-0.39, 0.29) is 5.52 Å². The van der Waals surface area contributed by atoms with Gasteiger partial charge in [-0.15, -0.1) is 0 Å². The predicted molar refractivity (Wildman–Crippen MR) is 94.0 cm³/mol. The number of ether oxygens (including phenoxy) is 1. The van der Waals surface area contributed by atoms with Gasteiger partial charge >= 0.3 is 6.18 Å². The number of rotatable bonds is 4. The minimum atomic E-state index is -4.41. The topological polar surface area (TPSA) is 53.1 Å². The Bertz CT molecular complexity index is 939. The van der Waals surface area contributed by atoms with Crippen molar-refractivity contribution in [2.75, 3.05) is 7.11 Å². The number of fused-ring (bicyclic) bond motifs is 1. The van der Waals surface area contributed by atoms with Crippen molar-refractivity contribution >= 4 is 11.0 Å². The highest BCUT2D eigenvalue weighted by atomic mass is 19.4. The van der Waals surface area contributed by atoms with Crippen LogP contribution in [0.5, 0.6) is 5.75 Å². The Balaban J connectivity index is 2.15. The summed E-state index contributed by atoms with van der Waals surface area (Å²) in [4.78, 5) is 4.40. The van der Waals surface area contributed by atoms with Gasteiger partial charge in [0.05, 0.1) is 29.2 Å². The van der Waals surface area contributed by atoms with Crippen LogP contribution in [0.4, 0.5) is 13.2 Å². The molecule has 0 aliphatic heterocycles. The van der Waals surface area contributed by atoms with Crippen LogP contribution in [0.2, 0.25) is 0 Å². The SMILES string of the molecule is COc1cccc(Cn2c(C(C)(C)N)nc3cc(C(F)(F)F)ccc32)c1. The normalized spacial score (nSPS) is 12.6. The molecule has 26 heavy (non-hydrogen) atoms. The van der Waals surface area contributed by atoms with Gasteiger partial charge in [0.25, 0.3) is 0 Å². The molecule has 0 fully saturated rings. The fraction of sp³-hybridized carbons (Fsp3) is 0.316. The molecule has 3 rings (SSSR count). The van der Waals surface area contributed by atoms with Crippen LogP contribution in [0, 0.1) is 0 Å². The maximum atomic E-state index is 13.0. The van der Waals surface area contributed by atoms with Gasteiger partial charge in [-0.3, -0.25) is 0 Å². The van der Waals surface area contributed by atoms with Crippen LogP contribution < -0.4 is 10.5 Å². The standard InChI is InChI=1S/C19H20F3N3O/c1-18(2,23)17-24-15-10-13(19(20,21)22)7-8-16(15)25(17)11-12-5-4-6-14(9-12)26-3/h4-10H,11,23H2,1-3H3. The van der Waals surface area contributed by atoms with Crippen molar-refractivity contribution in [3.05, 3.63) is 59.4 Å². The van der Waals surface area contributed by atoms with Crippen molar-refractivity contribution in [2.45, 2.75) is 32.1 Å². The monoisotopic (exact) mass is 363 g/mol. The van der Waals surface area contributed by atoms with E-state index in [1.807, 2.05) is 28.8 Å². The van der Waals surface area contributed by atoms with E-state index in [2.05, 4.69) is 4.98 Å². The molecular formula is C19H20F3N3O. The molecular weight excluding hydrogens is 343 g/mol. The summed E-state index contributed by atoms with van der Waals surface area (Å²) in [5, 5.41) is 0. The second-order valence-corrected chi connectivity index (χ2v) is 6.80. The van der Waals surface area contributed by atoms with Crippen molar-refractivity contribution in [3.63, 3.8) is 0 Å². The highest BCUT2D eigenvalue weighted by molar-refractivity contribution is 5.77. The second-order valence-electron chi connectivity index (χ2n) is 6.80. The van der Waals surface area contributed by atoms with E-state index in [4.69, 9.17) is 10.5 Å². The molecule has 0 aliphatic carbocycles. The van der Waals surface area contributed by atoms with Crippen molar-refractivity contribution in [1.82, 2.24) is 9.55 Å². The lowest BCUT2D eigenvalue weighted by Gasteiger charge is -2.20. The molecule has 138 valence electrons. The van der Waals surface area contributed by atoms with Crippen LogP contribution in [0.1, 0.15) is 30.8 Å². The van der Waals surface area contributed by atoms with Crippen LogP contribution in [-0.4, -0.2) is 16.7 Å². The van der Waals surface area contributed by atoms with E-state index < -0.39 is 17.3 Å². The lowest BCUT2D eigenvalue weighted by Crippen LogP contribution is -2.32. The predicted octanol–water partition coefficient (Wildman–Crippen LogP) is 4.31. The molecule has 0 saturated heterocycles. The quantitative estimate of drug-likeness (QED) is 0.752. The molecule has 0 spiro atoms. The van der Waals surface area contributed by atoms with E-state index in [9.17, 15) is 13.2 Å². The summed E-state index contributed by atoms with van der Waals surface area (Å²) < 4.78 is 46.1. The third kappa shape index (κ3) is 3.53. The van der Waals surface area contributed by atoms with Gasteiger partial charge in [0, 0.05) is 6.54 Å². The summed E-state index contributed by atoms with van der Waals surface area (Å²) in [7, 11) is 1.58. The van der Waals surface area contributed by atoms with Gasteiger partial charge in [-0.05, 0) is 49.7 Å². The lowest BCUT2D eigenvalue weighted by molar-refractivity contribution is -0.137. The van der Waals surface area contributed by atoms with Gasteiger partial charge in [0.2, 0.25) is 0 Å². The first-order chi connectivity index (χ1) is 12.1. The van der Waals surface area contributed by atoms with Gasteiger partial charge < -0.3 is 15.0 Å². The van der Waals surface area contributed by atoms with Gasteiger partial charge in [-0.1, -0.05) is 12.1 Å². The smallest absolute Gasteiger partial charge is 0.416 e. The zero-order valence-electron chi connectivity index (χ0n) is 14.8. The molecule has 0 bridgehead atoms. The largest absolute Gasteiger partial charge is 0.497 e. The Morgan fingerprint density at radius 2 is 1.85 bits per heavy atom. The number of hydrogen-bond acceptors (Lipinski definition) is 3. The maximum absolute atomic E-state index is 13.0. The molecule has 0 atom stereocenters. The van der Waals surface area contributed by atoms with E-state index >= 15 is 0 Å². The number of nitrogens with two attached hydrogens (primary N) is 1. The zero-order valence-corrected chi connectivity index (χ0v) is 14.8. The molecule has 0 aliphatic rings. The number of methoxy groups -OCH3 is 1. The van der Waals surface area contributed by atoms with Crippen molar-refractivity contribution in [3.8, 4) is 5.75 Å². The Morgan fingerprint density at radius 1 is 1.12 bits per heavy atom. The van der Waals surface area contributed by atoms with Crippen molar-refractivity contribution < 1.29 is 17.9 Å². The summed E-state index contributed by atoms with van der Waals surface area (Å²) in [6.07, 6.45) is -4.41. The molecule has 0 radical (unpaired) electrons. The molecule has 2 N–H and O–H groups in total. The molecule has 1 heterocycles. The Hall–Kier alpha value is -2.54. The Labute approximate surface area is 149 Å². The third-order valence-corrected chi connectivity index (χ3v) is 4.13. The van der Waals surface area contributed by atoms with Crippen LogP contribution in [0.3, 0.4) is 0 Å². The van der Waals surface area contributed by atoms with Crippen molar-refractivity contribution in [1.29, 1.82) is 0 Å². The molecule has 0 unspecified atom stereocenters. The third-order valence-electron chi connectivity index (χ3n) is 4.13. The molecule has 1 aromatic heterocycles. The number of nitrogens with zero attached hydrogens (tertiary/aromatic N) is 2. The van der Waals surface area contributed by atoms with E-state index in [1.54, 1.807) is 21.0 Å². The minimum Gasteiger partial charge on any atom is -0.497 e. The molecule has 0 saturated carbocycles. The molecule has 4 nitrogen and oxygen atoms in total. The summed E-state index contributed by atoms with van der Waals surface area (Å²) in [5.41, 5.74) is 6.51. The molecule has 2 aromatic carbocycles. The average molecular weight is 363 g/mol. The number of alkyl halides is 3. The number of imidazole rings is 1. The van der Waals surface area contributed by atoms with Crippen LogP contribution in [-0.2, 0) is 18.3 Å². The highest BCUT2D eigenvalue weighted by Crippen LogP contribution is 2.33. The number of halogens is 3. The maximum Gasteiger partial charge on any atom is 0.416 e. The van der Waals surface area contributed by atoms with E-state index in [0.717, 1.165) is 17.7 Å². The van der Waals surface area contributed by atoms with Crippen LogP contribution in [0.25, 0.3) is 11.0 Å². The van der Waals surface area contributed by atoms with E-state index in [0.29, 0.717) is 23.6 Å². The van der Waals surface area contributed by atoms with Gasteiger partial charge in [0.15, 0.2) is 0 Å². The summed E-state index contributed by atoms with van der Waals surface area (Å²) in [6, 6.07) is 11.1. The highest BCUT2D eigenvalue weighted by Gasteiger charge is 2.32. The summed E-state index contributed by atoms with van der Waals surface area (Å²) >= 11 is 0. The first kappa shape index (κ1) is 18.3. The average Bonchev–Trinajstić information content (AvgIpc) is 2.92. The Morgan fingerprint density at radius 3 is 2.46 bits per heavy atom. The Kier molecular flexibility index (Phi) is 4.44. The van der Waals surface area contributed by atoms with Gasteiger partial charge in [0.1, 0.15) is 11.6 Å². The lowest BCUT2D eigenvalue weighted by atomic mass is 10.1. The fourth-order valence-electron chi connectivity index (χ4n) is 2.91. The fourth-order valence-corrected chi connectivity index (χ4v) is 2.91. The molecule has 0 amide bonds. The first-order valence-corrected chi connectivity index (χ1v) is 8.09. The first-order valence-electron chi connectivity index (χ1n) is 8.09. The zero-order chi connectivity index (χ0) is 19.1. The van der Waals surface area contributed by atoms with Crippen LogP contribution in [0.15, 0.2) is 42.5 Å². The van der Waals surface area contributed by atoms with Crippen LogP contribution >= 0.6 is 0 Å². The van der Waals surface area contributed by atoms with Gasteiger partial charge in [-0.25, -0.2) is 4.98 Å². The summed E-state index contributed by atoms with van der Waals surface area (Å²) in [6.45, 7) is 3.98. The minimum absolute atomic E-state index is 0.274. The van der Waals surface area contributed by atoms with Gasteiger partial charge in [-0.2, -0.15) is 13.2 Å². The van der Waals surface area contributed by atoms with Crippen molar-refractivity contribution in [2.24, 2.45) is 5.73 Å². The molecule has 7 heteroatoms. The number of hydrogen-bond donors (Lipinski definition) is 1. The second kappa shape index (κ2) is 6.32. The summed E-state index contributed by atoms with van der Waals surface area (Å²) in [5.74, 6) is 1.23. The molecule has 3 aromatic rings. The van der Waals surface area contributed by atoms with E-state index in [1.165, 1.54) is 6.07 Å². The number of benzene rings is 2.